The van der Waals surface area contributed by atoms with E-state index in [1.165, 1.54) is 7.05 Å². The molecule has 1 rings (SSSR count). The average Bonchev–Trinajstić information content (AvgIpc) is 2.43. The second-order valence-electron chi connectivity index (χ2n) is 4.48. The van der Waals surface area contributed by atoms with Crippen molar-refractivity contribution in [3.8, 4) is 0 Å². The molecule has 1 fully saturated rings. The van der Waals surface area contributed by atoms with Crippen LogP contribution in [0.1, 0.15) is 26.2 Å². The second kappa shape index (κ2) is 6.82. The predicted molar refractivity (Wildman–Crippen MR) is 66.1 cm³/mol. The molecule has 0 aromatic heterocycles. The minimum Gasteiger partial charge on any atom is -0.357 e. The van der Waals surface area contributed by atoms with Gasteiger partial charge in [0.1, 0.15) is 6.61 Å². The van der Waals surface area contributed by atoms with Crippen LogP contribution in [-0.2, 0) is 19.1 Å². The summed E-state index contributed by atoms with van der Waals surface area (Å²) < 4.78 is 10.8. The van der Waals surface area contributed by atoms with E-state index >= 15 is 0 Å². The smallest absolute Gasteiger partial charge is 0.247 e. The zero-order chi connectivity index (χ0) is 13.6. The van der Waals surface area contributed by atoms with Crippen LogP contribution in [0.3, 0.4) is 0 Å². The monoisotopic (exact) mass is 258 g/mol. The zero-order valence-electron chi connectivity index (χ0n) is 11.2. The van der Waals surface area contributed by atoms with Gasteiger partial charge in [-0.1, -0.05) is 0 Å². The third-order valence-corrected chi connectivity index (χ3v) is 3.28. The fraction of sp³-hybridized carbons (Fsp3) is 0.833. The first kappa shape index (κ1) is 15.1. The molecule has 0 radical (unpaired) electrons. The fourth-order valence-corrected chi connectivity index (χ4v) is 1.79. The standard InChI is InChI=1S/C12H22N2O4/c1-12(14-3,11(16)13-2)9(15)8-18-10-6-4-5-7-17-10/h10,14H,4-8H2,1-3H3,(H,13,16)/t10?,12-/m1/s1. The summed E-state index contributed by atoms with van der Waals surface area (Å²) in [5, 5.41) is 5.20. The van der Waals surface area contributed by atoms with Gasteiger partial charge in [0.25, 0.3) is 0 Å². The Morgan fingerprint density at radius 3 is 2.61 bits per heavy atom. The number of nitrogens with one attached hydrogen (secondary N) is 2. The Morgan fingerprint density at radius 1 is 1.39 bits per heavy atom. The number of hydrogen-bond donors (Lipinski definition) is 2. The molecule has 0 spiro atoms. The molecule has 0 saturated carbocycles. The lowest BCUT2D eigenvalue weighted by Gasteiger charge is -2.27. The summed E-state index contributed by atoms with van der Waals surface area (Å²) in [5.41, 5.74) is -1.26. The van der Waals surface area contributed by atoms with Crippen molar-refractivity contribution in [1.29, 1.82) is 0 Å². The number of ketones is 1. The predicted octanol–water partition coefficient (Wildman–Crippen LogP) is -0.177. The minimum absolute atomic E-state index is 0.130. The number of Topliss-reactive ketones (excluding diaryl/α,β-unsaturated/α-hetero) is 1. The van der Waals surface area contributed by atoms with Gasteiger partial charge in [0.15, 0.2) is 17.6 Å². The fourth-order valence-electron chi connectivity index (χ4n) is 1.79. The Kier molecular flexibility index (Phi) is 5.71. The maximum Gasteiger partial charge on any atom is 0.247 e. The maximum atomic E-state index is 12.0. The molecule has 0 aromatic rings. The molecule has 1 aliphatic heterocycles. The van der Waals surface area contributed by atoms with E-state index in [1.54, 1.807) is 14.0 Å². The Morgan fingerprint density at radius 2 is 2.11 bits per heavy atom. The van der Waals surface area contributed by atoms with Gasteiger partial charge < -0.3 is 20.1 Å². The SMILES string of the molecule is CNC(=O)[C@](C)(NC)C(=O)COC1CCCCO1. The third-order valence-electron chi connectivity index (χ3n) is 3.28. The van der Waals surface area contributed by atoms with Gasteiger partial charge in [0.2, 0.25) is 5.91 Å². The highest BCUT2D eigenvalue weighted by atomic mass is 16.7. The van der Waals surface area contributed by atoms with Gasteiger partial charge in [-0.3, -0.25) is 9.59 Å². The molecule has 1 aliphatic rings. The zero-order valence-corrected chi connectivity index (χ0v) is 11.2. The molecule has 0 aromatic carbocycles. The Bertz CT molecular complexity index is 302. The van der Waals surface area contributed by atoms with Crippen LogP contribution >= 0.6 is 0 Å². The van der Waals surface area contributed by atoms with Crippen LogP contribution in [0, 0.1) is 0 Å². The molecule has 2 N–H and O–H groups in total. The van der Waals surface area contributed by atoms with Crippen molar-refractivity contribution >= 4 is 11.7 Å². The van der Waals surface area contributed by atoms with E-state index in [2.05, 4.69) is 10.6 Å². The number of ether oxygens (including phenoxy) is 2. The molecule has 0 aliphatic carbocycles. The third kappa shape index (κ3) is 3.51. The van der Waals surface area contributed by atoms with E-state index in [0.29, 0.717) is 6.61 Å². The van der Waals surface area contributed by atoms with Crippen molar-refractivity contribution in [1.82, 2.24) is 10.6 Å². The quantitative estimate of drug-likeness (QED) is 0.646. The van der Waals surface area contributed by atoms with E-state index < -0.39 is 5.54 Å². The van der Waals surface area contributed by atoms with Crippen molar-refractivity contribution in [2.45, 2.75) is 38.0 Å². The highest BCUT2D eigenvalue weighted by Gasteiger charge is 2.38. The van der Waals surface area contributed by atoms with Gasteiger partial charge in [-0.25, -0.2) is 0 Å². The molecule has 2 atom stereocenters. The van der Waals surface area contributed by atoms with Crippen LogP contribution in [0.15, 0.2) is 0 Å². The van der Waals surface area contributed by atoms with Gasteiger partial charge >= 0.3 is 0 Å². The van der Waals surface area contributed by atoms with Crippen molar-refractivity contribution < 1.29 is 19.1 Å². The lowest BCUT2D eigenvalue weighted by atomic mass is 9.96. The summed E-state index contributed by atoms with van der Waals surface area (Å²) in [6, 6.07) is 0. The normalized spacial score (nSPS) is 23.2. The van der Waals surface area contributed by atoms with E-state index in [9.17, 15) is 9.59 Å². The van der Waals surface area contributed by atoms with Crippen molar-refractivity contribution in [2.24, 2.45) is 0 Å². The molecule has 0 bridgehead atoms. The largest absolute Gasteiger partial charge is 0.357 e. The second-order valence-corrected chi connectivity index (χ2v) is 4.48. The molecule has 1 amide bonds. The Balaban J connectivity index is 2.49. The van der Waals surface area contributed by atoms with Crippen molar-refractivity contribution in [3.05, 3.63) is 0 Å². The first-order chi connectivity index (χ1) is 8.54. The summed E-state index contributed by atoms with van der Waals surface area (Å²) >= 11 is 0. The Labute approximate surface area is 107 Å². The van der Waals surface area contributed by atoms with Crippen LogP contribution in [0.2, 0.25) is 0 Å². The molecule has 6 heteroatoms. The summed E-state index contributed by atoms with van der Waals surface area (Å²) in [5.74, 6) is -0.679. The number of carbonyl (C=O) groups excluding carboxylic acids is 2. The molecule has 6 nitrogen and oxygen atoms in total. The Hall–Kier alpha value is -0.980. The molecular formula is C12H22N2O4. The van der Waals surface area contributed by atoms with Crippen LogP contribution < -0.4 is 10.6 Å². The first-order valence-corrected chi connectivity index (χ1v) is 6.22. The summed E-state index contributed by atoms with van der Waals surface area (Å²) in [6.45, 7) is 2.08. The topological polar surface area (TPSA) is 76.7 Å². The van der Waals surface area contributed by atoms with Crippen LogP contribution in [-0.4, -0.2) is 50.8 Å². The maximum absolute atomic E-state index is 12.0. The molecular weight excluding hydrogens is 236 g/mol. The van der Waals surface area contributed by atoms with E-state index in [1.807, 2.05) is 0 Å². The number of amides is 1. The van der Waals surface area contributed by atoms with E-state index in [4.69, 9.17) is 9.47 Å². The highest BCUT2D eigenvalue weighted by molar-refractivity contribution is 6.10. The highest BCUT2D eigenvalue weighted by Crippen LogP contribution is 2.14. The molecule has 1 saturated heterocycles. The van der Waals surface area contributed by atoms with Gasteiger partial charge in [-0.15, -0.1) is 0 Å². The molecule has 104 valence electrons. The number of hydrogen-bond acceptors (Lipinski definition) is 5. The number of carbonyl (C=O) groups is 2. The van der Waals surface area contributed by atoms with Crippen LogP contribution in [0.5, 0.6) is 0 Å². The average molecular weight is 258 g/mol. The minimum atomic E-state index is -1.26. The van der Waals surface area contributed by atoms with Gasteiger partial charge in [0.05, 0.1) is 0 Å². The van der Waals surface area contributed by atoms with Crippen LogP contribution in [0.4, 0.5) is 0 Å². The number of rotatable bonds is 6. The lowest BCUT2D eigenvalue weighted by Crippen LogP contribution is -2.59. The van der Waals surface area contributed by atoms with Gasteiger partial charge in [-0.05, 0) is 33.2 Å². The summed E-state index contributed by atoms with van der Waals surface area (Å²) in [7, 11) is 3.07. The first-order valence-electron chi connectivity index (χ1n) is 6.22. The summed E-state index contributed by atoms with van der Waals surface area (Å²) in [6.07, 6.45) is 2.54. The van der Waals surface area contributed by atoms with Gasteiger partial charge in [-0.2, -0.15) is 0 Å². The van der Waals surface area contributed by atoms with E-state index in [-0.39, 0.29) is 24.6 Å². The van der Waals surface area contributed by atoms with E-state index in [0.717, 1.165) is 19.3 Å². The lowest BCUT2D eigenvalue weighted by molar-refractivity contribution is -0.172. The summed E-state index contributed by atoms with van der Waals surface area (Å²) in [4.78, 5) is 23.7. The van der Waals surface area contributed by atoms with Crippen molar-refractivity contribution in [2.75, 3.05) is 27.3 Å². The number of likely N-dealkylation sites (N-methyl/N-ethyl adjacent to an activating group) is 2. The molecule has 1 heterocycles. The van der Waals surface area contributed by atoms with Crippen molar-refractivity contribution in [3.63, 3.8) is 0 Å². The van der Waals surface area contributed by atoms with Gasteiger partial charge in [0, 0.05) is 13.7 Å². The molecule has 18 heavy (non-hydrogen) atoms. The molecule has 1 unspecified atom stereocenters. The van der Waals surface area contributed by atoms with Crippen LogP contribution in [0.25, 0.3) is 0 Å².